The highest BCUT2D eigenvalue weighted by Crippen LogP contribution is 2.31. The molecule has 0 aliphatic rings. The molecule has 1 N–H and O–H groups in total. The zero-order valence-corrected chi connectivity index (χ0v) is 14.3. The number of ether oxygens (including phenoxy) is 1. The van der Waals surface area contributed by atoms with Gasteiger partial charge >= 0.3 is 0 Å². The van der Waals surface area contributed by atoms with Gasteiger partial charge in [0, 0.05) is 24.1 Å². The van der Waals surface area contributed by atoms with Crippen LogP contribution >= 0.6 is 27.5 Å². The second-order valence-electron chi connectivity index (χ2n) is 4.46. The van der Waals surface area contributed by atoms with Crippen LogP contribution in [0.4, 0.5) is 5.82 Å². The van der Waals surface area contributed by atoms with Crippen LogP contribution in [0.1, 0.15) is 26.1 Å². The van der Waals surface area contributed by atoms with Crippen molar-refractivity contribution in [1.29, 1.82) is 0 Å². The molecular formula is C15H17BrClN3O. The van der Waals surface area contributed by atoms with E-state index in [1.165, 1.54) is 0 Å². The lowest BCUT2D eigenvalue weighted by Gasteiger charge is -2.11. The third kappa shape index (κ3) is 4.58. The van der Waals surface area contributed by atoms with Crippen LogP contribution in [0.3, 0.4) is 0 Å². The highest BCUT2D eigenvalue weighted by molar-refractivity contribution is 9.10. The molecule has 112 valence electrons. The molecule has 2 aromatic rings. The van der Waals surface area contributed by atoms with Gasteiger partial charge in [0.1, 0.15) is 17.4 Å². The standard InChI is InChI=1S/C15H17BrClN3O/c1-3-7-18-14-9-15(20-13(4-2)19-14)21-12-6-5-10(17)8-11(12)16/h5-6,8-9H,3-4,7H2,1-2H3,(H,18,19,20). The van der Waals surface area contributed by atoms with Crippen LogP contribution in [-0.4, -0.2) is 16.5 Å². The van der Waals surface area contributed by atoms with Gasteiger partial charge in [-0.15, -0.1) is 0 Å². The Morgan fingerprint density at radius 3 is 2.71 bits per heavy atom. The predicted octanol–water partition coefficient (Wildman–Crippen LogP) is 5.07. The largest absolute Gasteiger partial charge is 0.438 e. The normalized spacial score (nSPS) is 10.5. The molecule has 1 aromatic carbocycles. The van der Waals surface area contributed by atoms with E-state index in [1.807, 2.05) is 6.92 Å². The second-order valence-corrected chi connectivity index (χ2v) is 5.76. The summed E-state index contributed by atoms with van der Waals surface area (Å²) in [4.78, 5) is 8.82. The SMILES string of the molecule is CCCNc1cc(Oc2ccc(Cl)cc2Br)nc(CC)n1. The number of nitrogens with zero attached hydrogens (tertiary/aromatic N) is 2. The Morgan fingerprint density at radius 1 is 1.24 bits per heavy atom. The van der Waals surface area contributed by atoms with Crippen molar-refractivity contribution in [3.63, 3.8) is 0 Å². The molecule has 0 aliphatic carbocycles. The molecule has 0 saturated heterocycles. The molecule has 2 rings (SSSR count). The van der Waals surface area contributed by atoms with Crippen LogP contribution in [0.5, 0.6) is 11.6 Å². The Morgan fingerprint density at radius 2 is 2.05 bits per heavy atom. The van der Waals surface area contributed by atoms with Gasteiger partial charge in [0.05, 0.1) is 4.47 Å². The smallest absolute Gasteiger partial charge is 0.224 e. The van der Waals surface area contributed by atoms with Crippen LogP contribution < -0.4 is 10.1 Å². The number of anilines is 1. The predicted molar refractivity (Wildman–Crippen MR) is 89.4 cm³/mol. The molecule has 0 aliphatic heterocycles. The number of nitrogens with one attached hydrogen (secondary N) is 1. The number of aromatic nitrogens is 2. The summed E-state index contributed by atoms with van der Waals surface area (Å²) < 4.78 is 6.62. The lowest BCUT2D eigenvalue weighted by atomic mass is 10.3. The fraction of sp³-hybridized carbons (Fsp3) is 0.333. The molecule has 0 radical (unpaired) electrons. The average molecular weight is 371 g/mol. The first kappa shape index (κ1) is 16.0. The third-order valence-corrected chi connectivity index (χ3v) is 3.58. The van der Waals surface area contributed by atoms with Crippen molar-refractivity contribution in [2.75, 3.05) is 11.9 Å². The highest BCUT2D eigenvalue weighted by atomic mass is 79.9. The molecule has 21 heavy (non-hydrogen) atoms. The van der Waals surface area contributed by atoms with Crippen molar-refractivity contribution >= 4 is 33.3 Å². The van der Waals surface area contributed by atoms with Crippen LogP contribution in [0.25, 0.3) is 0 Å². The topological polar surface area (TPSA) is 47.0 Å². The van der Waals surface area contributed by atoms with Gasteiger partial charge in [-0.05, 0) is 40.5 Å². The van der Waals surface area contributed by atoms with E-state index >= 15 is 0 Å². The van der Waals surface area contributed by atoms with E-state index < -0.39 is 0 Å². The first-order valence-corrected chi connectivity index (χ1v) is 8.04. The lowest BCUT2D eigenvalue weighted by molar-refractivity contribution is 0.456. The molecule has 0 fully saturated rings. The quantitative estimate of drug-likeness (QED) is 0.771. The Bertz CT molecular complexity index is 622. The Labute approximate surface area is 138 Å². The fourth-order valence-electron chi connectivity index (χ4n) is 1.70. The lowest BCUT2D eigenvalue weighted by Crippen LogP contribution is -2.05. The van der Waals surface area contributed by atoms with Crippen LogP contribution in [0.15, 0.2) is 28.7 Å². The molecule has 0 atom stereocenters. The second kappa shape index (κ2) is 7.61. The minimum atomic E-state index is 0.517. The van der Waals surface area contributed by atoms with Gasteiger partial charge in [0.2, 0.25) is 5.88 Å². The Hall–Kier alpha value is -1.33. The maximum absolute atomic E-state index is 5.93. The van der Waals surface area contributed by atoms with Crippen molar-refractivity contribution in [2.45, 2.75) is 26.7 Å². The molecular weight excluding hydrogens is 354 g/mol. The zero-order chi connectivity index (χ0) is 15.2. The monoisotopic (exact) mass is 369 g/mol. The van der Waals surface area contributed by atoms with Crippen molar-refractivity contribution < 1.29 is 4.74 Å². The van der Waals surface area contributed by atoms with Crippen LogP contribution in [0, 0.1) is 0 Å². The van der Waals surface area contributed by atoms with Gasteiger partial charge in [-0.1, -0.05) is 25.4 Å². The van der Waals surface area contributed by atoms with E-state index in [9.17, 15) is 0 Å². The van der Waals surface area contributed by atoms with E-state index in [2.05, 4.69) is 38.1 Å². The summed E-state index contributed by atoms with van der Waals surface area (Å²) in [5.74, 6) is 2.71. The third-order valence-electron chi connectivity index (χ3n) is 2.73. The van der Waals surface area contributed by atoms with Crippen molar-refractivity contribution in [3.05, 3.63) is 39.6 Å². The van der Waals surface area contributed by atoms with Gasteiger partial charge < -0.3 is 10.1 Å². The molecule has 0 bridgehead atoms. The van der Waals surface area contributed by atoms with E-state index in [-0.39, 0.29) is 0 Å². The van der Waals surface area contributed by atoms with Gasteiger partial charge in [0.15, 0.2) is 0 Å². The van der Waals surface area contributed by atoms with Crippen molar-refractivity contribution in [1.82, 2.24) is 9.97 Å². The molecule has 6 heteroatoms. The van der Waals surface area contributed by atoms with Crippen molar-refractivity contribution in [2.24, 2.45) is 0 Å². The van der Waals surface area contributed by atoms with Gasteiger partial charge in [-0.25, -0.2) is 4.98 Å². The Balaban J connectivity index is 2.25. The van der Waals surface area contributed by atoms with Gasteiger partial charge in [-0.3, -0.25) is 0 Å². The van der Waals surface area contributed by atoms with Gasteiger partial charge in [0.25, 0.3) is 0 Å². The summed E-state index contributed by atoms with van der Waals surface area (Å²) in [5, 5.41) is 3.90. The molecule has 0 spiro atoms. The summed E-state index contributed by atoms with van der Waals surface area (Å²) >= 11 is 9.36. The summed E-state index contributed by atoms with van der Waals surface area (Å²) in [7, 11) is 0. The molecule has 0 unspecified atom stereocenters. The number of hydrogen-bond acceptors (Lipinski definition) is 4. The molecule has 0 saturated carbocycles. The van der Waals surface area contributed by atoms with E-state index in [4.69, 9.17) is 16.3 Å². The van der Waals surface area contributed by atoms with Crippen LogP contribution in [-0.2, 0) is 6.42 Å². The number of halogens is 2. The summed E-state index contributed by atoms with van der Waals surface area (Å²) in [6, 6.07) is 7.17. The molecule has 4 nitrogen and oxygen atoms in total. The minimum absolute atomic E-state index is 0.517. The number of hydrogen-bond donors (Lipinski definition) is 1. The number of rotatable bonds is 6. The summed E-state index contributed by atoms with van der Waals surface area (Å²) in [6.45, 7) is 4.99. The Kier molecular flexibility index (Phi) is 5.82. The first-order chi connectivity index (χ1) is 10.1. The maximum Gasteiger partial charge on any atom is 0.224 e. The average Bonchev–Trinajstić information content (AvgIpc) is 2.48. The first-order valence-electron chi connectivity index (χ1n) is 6.87. The fourth-order valence-corrected chi connectivity index (χ4v) is 2.46. The van der Waals surface area contributed by atoms with Gasteiger partial charge in [-0.2, -0.15) is 4.98 Å². The number of benzene rings is 1. The zero-order valence-electron chi connectivity index (χ0n) is 12.0. The summed E-state index contributed by atoms with van der Waals surface area (Å²) in [5.41, 5.74) is 0. The highest BCUT2D eigenvalue weighted by Gasteiger charge is 2.08. The van der Waals surface area contributed by atoms with E-state index in [0.717, 1.165) is 35.5 Å². The van der Waals surface area contributed by atoms with Crippen LogP contribution in [0.2, 0.25) is 5.02 Å². The van der Waals surface area contributed by atoms with E-state index in [1.54, 1.807) is 24.3 Å². The van der Waals surface area contributed by atoms with E-state index in [0.29, 0.717) is 16.7 Å². The minimum Gasteiger partial charge on any atom is -0.438 e. The molecule has 1 aromatic heterocycles. The molecule has 1 heterocycles. The number of aryl methyl sites for hydroxylation is 1. The maximum atomic E-state index is 5.93. The van der Waals surface area contributed by atoms with Crippen molar-refractivity contribution in [3.8, 4) is 11.6 Å². The summed E-state index contributed by atoms with van der Waals surface area (Å²) in [6.07, 6.45) is 1.78. The molecule has 0 amide bonds.